The van der Waals surface area contributed by atoms with Crippen LogP contribution in [0.15, 0.2) is 23.2 Å². The van der Waals surface area contributed by atoms with E-state index in [0.29, 0.717) is 15.3 Å². The Morgan fingerprint density at radius 1 is 1.21 bits per heavy atom. The molecule has 1 aromatic heterocycles. The van der Waals surface area contributed by atoms with E-state index in [2.05, 4.69) is 4.98 Å². The number of carbonyl (C=O) groups is 2. The summed E-state index contributed by atoms with van der Waals surface area (Å²) in [5.41, 5.74) is 0.655. The molecule has 1 aromatic carbocycles. The molecule has 0 saturated carbocycles. The number of thioether (sulfide) groups is 1. The van der Waals surface area contributed by atoms with E-state index in [1.807, 2.05) is 0 Å². The highest BCUT2D eigenvalue weighted by Gasteiger charge is 2.49. The third kappa shape index (κ3) is 4.29. The lowest BCUT2D eigenvalue weighted by molar-refractivity contribution is -0.154. The molecule has 3 unspecified atom stereocenters. The van der Waals surface area contributed by atoms with Gasteiger partial charge in [0.25, 0.3) is 0 Å². The van der Waals surface area contributed by atoms with Crippen molar-refractivity contribution in [1.29, 1.82) is 0 Å². The molecule has 0 amide bonds. The molecule has 2 N–H and O–H groups in total. The monoisotopic (exact) mass is 455 g/mol. The number of aromatic nitrogens is 1. The lowest BCUT2D eigenvalue weighted by Gasteiger charge is -2.34. The van der Waals surface area contributed by atoms with E-state index >= 15 is 0 Å². The first-order valence-corrected chi connectivity index (χ1v) is 11.1. The quantitative estimate of drug-likeness (QED) is 0.500. The second-order valence-corrected chi connectivity index (χ2v) is 9.06. The number of phenolic OH excluding ortho intramolecular Hbond substituents is 1. The zero-order valence-corrected chi connectivity index (χ0v) is 18.5. The van der Waals surface area contributed by atoms with Crippen LogP contribution in [-0.2, 0) is 19.1 Å². The molecule has 0 spiro atoms. The van der Waals surface area contributed by atoms with Crippen molar-refractivity contribution in [3.63, 3.8) is 0 Å². The van der Waals surface area contributed by atoms with Crippen molar-refractivity contribution < 1.29 is 28.9 Å². The van der Waals surface area contributed by atoms with Gasteiger partial charge in [0.2, 0.25) is 0 Å². The minimum Gasteiger partial charge on any atom is -0.504 e. The number of esters is 2. The molecule has 3 rings (SSSR count). The predicted molar refractivity (Wildman–Crippen MR) is 112 cm³/mol. The summed E-state index contributed by atoms with van der Waals surface area (Å²) >= 11 is 7.87. The van der Waals surface area contributed by atoms with E-state index in [4.69, 9.17) is 26.4 Å². The molecule has 2 aromatic rings. The second-order valence-electron chi connectivity index (χ2n) is 6.19. The third-order valence-electron chi connectivity index (χ3n) is 4.49. The minimum atomic E-state index is -0.833. The summed E-state index contributed by atoms with van der Waals surface area (Å²) < 4.78 is 16.2. The largest absolute Gasteiger partial charge is 0.504 e. The molecular weight excluding hydrogens is 434 g/mol. The van der Waals surface area contributed by atoms with Crippen LogP contribution in [0.3, 0.4) is 0 Å². The molecule has 29 heavy (non-hydrogen) atoms. The minimum absolute atomic E-state index is 0.0563. The maximum atomic E-state index is 13.0. The molecule has 156 valence electrons. The van der Waals surface area contributed by atoms with Gasteiger partial charge in [-0.25, -0.2) is 0 Å². The number of carbonyl (C=O) groups excluding carboxylic acids is 2. The standard InChI is InChI=1S/C19H21NO6S3/c1-4-25-17(22)13-12(9-6-7-11(24-3)10(21)8-9)14-16(20-19(27)29-14)28-15(13)18(23)26-5-2/h6-8,12-13,15,21H,4-5H2,1-3H3,(H,20,27). The van der Waals surface area contributed by atoms with E-state index in [1.165, 1.54) is 30.2 Å². The molecule has 2 heterocycles. The first kappa shape index (κ1) is 21.7. The zero-order chi connectivity index (χ0) is 21.1. The van der Waals surface area contributed by atoms with Gasteiger partial charge in [-0.05, 0) is 43.8 Å². The summed E-state index contributed by atoms with van der Waals surface area (Å²) in [6.45, 7) is 3.82. The van der Waals surface area contributed by atoms with Crippen molar-refractivity contribution in [2.45, 2.75) is 30.0 Å². The summed E-state index contributed by atoms with van der Waals surface area (Å²) in [5.74, 6) is -2.09. The van der Waals surface area contributed by atoms with Crippen LogP contribution < -0.4 is 4.74 Å². The molecule has 0 saturated heterocycles. The van der Waals surface area contributed by atoms with Gasteiger partial charge in [0.1, 0.15) is 5.25 Å². The Hall–Kier alpha value is -2.04. The van der Waals surface area contributed by atoms with Gasteiger partial charge in [-0.15, -0.1) is 11.3 Å². The van der Waals surface area contributed by atoms with Gasteiger partial charge in [0, 0.05) is 10.8 Å². The number of hydrogen-bond acceptors (Lipinski definition) is 9. The number of H-pyrrole nitrogens is 1. The number of hydrogen-bond donors (Lipinski definition) is 2. The average Bonchev–Trinajstić information content (AvgIpc) is 3.06. The van der Waals surface area contributed by atoms with Gasteiger partial charge in [0.05, 0.1) is 31.3 Å². The van der Waals surface area contributed by atoms with Crippen LogP contribution in [0.2, 0.25) is 0 Å². The van der Waals surface area contributed by atoms with Gasteiger partial charge in [-0.3, -0.25) is 9.59 Å². The number of nitrogens with one attached hydrogen (secondary N) is 1. The number of thiazole rings is 1. The smallest absolute Gasteiger partial charge is 0.320 e. The average molecular weight is 456 g/mol. The van der Waals surface area contributed by atoms with Crippen LogP contribution in [0.1, 0.15) is 30.2 Å². The first-order valence-electron chi connectivity index (χ1n) is 9.01. The second kappa shape index (κ2) is 9.19. The van der Waals surface area contributed by atoms with Crippen molar-refractivity contribution in [2.24, 2.45) is 5.92 Å². The molecular formula is C19H21NO6S3. The molecule has 7 nitrogen and oxygen atoms in total. The highest BCUT2D eigenvalue weighted by molar-refractivity contribution is 8.00. The highest BCUT2D eigenvalue weighted by atomic mass is 32.2. The van der Waals surface area contributed by atoms with Crippen molar-refractivity contribution >= 4 is 47.3 Å². The van der Waals surface area contributed by atoms with Crippen LogP contribution in [-0.4, -0.2) is 47.6 Å². The SMILES string of the molecule is CCOC(=O)C1Sc2[nH]c(=S)sc2C(c2ccc(OC)c(O)c2)C1C(=O)OCC. The lowest BCUT2D eigenvalue weighted by atomic mass is 9.82. The number of phenols is 1. The van der Waals surface area contributed by atoms with Gasteiger partial charge >= 0.3 is 11.9 Å². The normalized spacial score (nSPS) is 20.6. The van der Waals surface area contributed by atoms with Crippen molar-refractivity contribution in [3.05, 3.63) is 32.6 Å². The number of aromatic hydroxyl groups is 1. The Bertz CT molecular complexity index is 969. The van der Waals surface area contributed by atoms with Crippen LogP contribution in [0.25, 0.3) is 0 Å². The number of ether oxygens (including phenoxy) is 3. The van der Waals surface area contributed by atoms with Crippen LogP contribution in [0, 0.1) is 9.87 Å². The Kier molecular flexibility index (Phi) is 6.86. The molecule has 0 fully saturated rings. The summed E-state index contributed by atoms with van der Waals surface area (Å²) in [5, 5.41) is 10.2. The van der Waals surface area contributed by atoms with Gasteiger partial charge in [-0.2, -0.15) is 0 Å². The first-order chi connectivity index (χ1) is 13.9. The molecule has 3 atom stereocenters. The lowest BCUT2D eigenvalue weighted by Crippen LogP contribution is -2.41. The maximum Gasteiger partial charge on any atom is 0.320 e. The maximum absolute atomic E-state index is 13.0. The van der Waals surface area contributed by atoms with Crippen LogP contribution in [0.4, 0.5) is 0 Å². The Balaban J connectivity index is 2.18. The van der Waals surface area contributed by atoms with Gasteiger partial charge in [0.15, 0.2) is 15.5 Å². The van der Waals surface area contributed by atoms with E-state index < -0.39 is 29.0 Å². The van der Waals surface area contributed by atoms with Crippen molar-refractivity contribution in [3.8, 4) is 11.5 Å². The zero-order valence-electron chi connectivity index (χ0n) is 16.1. The molecule has 0 radical (unpaired) electrons. The highest BCUT2D eigenvalue weighted by Crippen LogP contribution is 2.51. The predicted octanol–water partition coefficient (Wildman–Crippen LogP) is 3.87. The molecule has 0 bridgehead atoms. The number of rotatable bonds is 6. The summed E-state index contributed by atoms with van der Waals surface area (Å²) in [4.78, 5) is 29.6. The fourth-order valence-electron chi connectivity index (χ4n) is 3.33. The van der Waals surface area contributed by atoms with E-state index in [0.717, 1.165) is 9.90 Å². The summed E-state index contributed by atoms with van der Waals surface area (Å²) in [7, 11) is 1.46. The molecule has 1 aliphatic rings. The Labute approximate surface area is 181 Å². The van der Waals surface area contributed by atoms with Crippen molar-refractivity contribution in [1.82, 2.24) is 4.98 Å². The fourth-order valence-corrected chi connectivity index (χ4v) is 6.25. The van der Waals surface area contributed by atoms with E-state index in [-0.39, 0.29) is 19.0 Å². The summed E-state index contributed by atoms with van der Waals surface area (Å²) in [6, 6.07) is 4.93. The van der Waals surface area contributed by atoms with E-state index in [1.54, 1.807) is 32.0 Å². The third-order valence-corrected chi connectivity index (χ3v) is 7.24. The van der Waals surface area contributed by atoms with Crippen molar-refractivity contribution in [2.75, 3.05) is 20.3 Å². The topological polar surface area (TPSA) is 97.9 Å². The Morgan fingerprint density at radius 2 is 1.90 bits per heavy atom. The van der Waals surface area contributed by atoms with Gasteiger partial charge in [-0.1, -0.05) is 17.8 Å². The molecule has 1 aliphatic heterocycles. The van der Waals surface area contributed by atoms with E-state index in [9.17, 15) is 14.7 Å². The molecule has 0 aliphatic carbocycles. The number of benzene rings is 1. The van der Waals surface area contributed by atoms with Crippen LogP contribution in [0.5, 0.6) is 11.5 Å². The fraction of sp³-hybridized carbons (Fsp3) is 0.421. The summed E-state index contributed by atoms with van der Waals surface area (Å²) in [6.07, 6.45) is 0. The number of fused-ring (bicyclic) bond motifs is 1. The Morgan fingerprint density at radius 3 is 2.52 bits per heavy atom. The van der Waals surface area contributed by atoms with Crippen LogP contribution >= 0.6 is 35.3 Å². The number of methoxy groups -OCH3 is 1. The van der Waals surface area contributed by atoms with Gasteiger partial charge < -0.3 is 24.3 Å². The number of aromatic amines is 1. The molecule has 10 heteroatoms.